The Morgan fingerprint density at radius 1 is 1.62 bits per heavy atom. The Hall–Kier alpha value is 0.260. The maximum absolute atomic E-state index is 10.6. The first-order valence-electron chi connectivity index (χ1n) is 2.26. The van der Waals surface area contributed by atoms with Crippen LogP contribution >= 0.6 is 12.6 Å². The third-order valence-corrected chi connectivity index (χ3v) is 3.81. The van der Waals surface area contributed by atoms with Gasteiger partial charge in [-0.1, -0.05) is 0 Å². The van der Waals surface area contributed by atoms with E-state index in [4.69, 9.17) is 0 Å². The molecule has 0 spiro atoms. The molecule has 0 aliphatic carbocycles. The molecule has 0 aromatic heterocycles. The van der Waals surface area contributed by atoms with Gasteiger partial charge in [-0.15, -0.1) is 12.6 Å². The zero-order chi connectivity index (χ0) is 6.20. The average molecular weight is 153 g/mol. The molecule has 48 valence electrons. The molecule has 0 aromatic rings. The van der Waals surface area contributed by atoms with Crippen LogP contribution in [0.4, 0.5) is 0 Å². The van der Waals surface area contributed by atoms with Crippen molar-refractivity contribution in [3.05, 3.63) is 0 Å². The lowest BCUT2D eigenvalue weighted by Gasteiger charge is -1.96. The summed E-state index contributed by atoms with van der Waals surface area (Å²) < 4.78 is 20.6. The zero-order valence-corrected chi connectivity index (χ0v) is 5.87. The Morgan fingerprint density at radius 2 is 2.25 bits per heavy atom. The molecule has 1 saturated heterocycles. The van der Waals surface area contributed by atoms with Gasteiger partial charge in [0, 0.05) is 6.54 Å². The fraction of sp³-hybridized carbons (Fsp3) is 1.00. The van der Waals surface area contributed by atoms with Gasteiger partial charge in [-0.2, -0.15) is 0 Å². The van der Waals surface area contributed by atoms with Crippen LogP contribution in [0, 0.1) is 0 Å². The summed E-state index contributed by atoms with van der Waals surface area (Å²) in [5.41, 5.74) is 0. The Balaban J connectivity index is 2.85. The van der Waals surface area contributed by atoms with Crippen LogP contribution in [0.3, 0.4) is 0 Å². The van der Waals surface area contributed by atoms with E-state index < -0.39 is 14.5 Å². The molecule has 0 bridgehead atoms. The van der Waals surface area contributed by atoms with Crippen LogP contribution in [0.15, 0.2) is 0 Å². The van der Waals surface area contributed by atoms with Crippen LogP contribution in [0.25, 0.3) is 0 Å². The van der Waals surface area contributed by atoms with Gasteiger partial charge < -0.3 is 0 Å². The number of sulfone groups is 1. The summed E-state index contributed by atoms with van der Waals surface area (Å²) in [6, 6.07) is 0. The lowest BCUT2D eigenvalue weighted by Crippen LogP contribution is -2.19. The van der Waals surface area contributed by atoms with Crippen molar-refractivity contribution in [2.45, 2.75) is 4.71 Å². The monoisotopic (exact) mass is 153 g/mol. The molecule has 1 aliphatic rings. The van der Waals surface area contributed by atoms with Gasteiger partial charge >= 0.3 is 0 Å². The molecule has 5 heteroatoms. The van der Waals surface area contributed by atoms with Gasteiger partial charge in [0.1, 0.15) is 0 Å². The number of hydrogen-bond donors (Lipinski definition) is 2. The summed E-state index contributed by atoms with van der Waals surface area (Å²) in [6.07, 6.45) is 0. The van der Waals surface area contributed by atoms with E-state index >= 15 is 0 Å². The summed E-state index contributed by atoms with van der Waals surface area (Å²) in [4.78, 5) is 0. The predicted molar refractivity (Wildman–Crippen MR) is 34.6 cm³/mol. The fourth-order valence-electron chi connectivity index (χ4n) is 0.563. The smallest absolute Gasteiger partial charge is 0.176 e. The van der Waals surface area contributed by atoms with E-state index in [2.05, 4.69) is 17.9 Å². The largest absolute Gasteiger partial charge is 0.292 e. The second kappa shape index (κ2) is 1.89. The van der Waals surface area contributed by atoms with E-state index in [-0.39, 0.29) is 5.75 Å². The average Bonchev–Trinajstić information content (AvgIpc) is 1.86. The minimum atomic E-state index is -2.87. The molecular formula is C3H7NO2S2. The highest BCUT2D eigenvalue weighted by Gasteiger charge is 2.26. The molecule has 8 heavy (non-hydrogen) atoms. The highest BCUT2D eigenvalue weighted by atomic mass is 32.2. The molecule has 1 rings (SSSR count). The topological polar surface area (TPSA) is 46.2 Å². The van der Waals surface area contributed by atoms with E-state index in [9.17, 15) is 8.42 Å². The van der Waals surface area contributed by atoms with Crippen molar-refractivity contribution in [2.75, 3.05) is 12.3 Å². The standard InChI is InChI=1S/C3H7NO2S2/c5-8(6)2-1-4-3(8)7/h3-4,7H,1-2H2. The molecule has 1 aliphatic heterocycles. The van der Waals surface area contributed by atoms with E-state index in [0.29, 0.717) is 6.54 Å². The van der Waals surface area contributed by atoms with Crippen LogP contribution in [0.5, 0.6) is 0 Å². The van der Waals surface area contributed by atoms with Crippen molar-refractivity contribution in [2.24, 2.45) is 0 Å². The van der Waals surface area contributed by atoms with Gasteiger partial charge in [-0.05, 0) is 0 Å². The maximum atomic E-state index is 10.6. The van der Waals surface area contributed by atoms with E-state index in [0.717, 1.165) is 0 Å². The van der Waals surface area contributed by atoms with Crippen LogP contribution in [-0.2, 0) is 9.84 Å². The lowest BCUT2D eigenvalue weighted by molar-refractivity contribution is 0.599. The fourth-order valence-corrected chi connectivity index (χ4v) is 2.01. The number of hydrogen-bond acceptors (Lipinski definition) is 4. The lowest BCUT2D eigenvalue weighted by atomic mass is 10.8. The van der Waals surface area contributed by atoms with Crippen molar-refractivity contribution in [3.8, 4) is 0 Å². The molecule has 1 fully saturated rings. The van der Waals surface area contributed by atoms with Gasteiger partial charge in [-0.3, -0.25) is 5.32 Å². The summed E-state index contributed by atoms with van der Waals surface area (Å²) >= 11 is 3.77. The van der Waals surface area contributed by atoms with Gasteiger partial charge in [0.2, 0.25) is 0 Å². The Kier molecular flexibility index (Phi) is 1.51. The minimum Gasteiger partial charge on any atom is -0.292 e. The second-order valence-electron chi connectivity index (χ2n) is 1.67. The maximum Gasteiger partial charge on any atom is 0.176 e. The second-order valence-corrected chi connectivity index (χ2v) is 4.74. The molecule has 1 N–H and O–H groups in total. The van der Waals surface area contributed by atoms with Crippen LogP contribution < -0.4 is 5.32 Å². The first-order valence-corrected chi connectivity index (χ1v) is 4.49. The quantitative estimate of drug-likeness (QED) is 0.449. The van der Waals surface area contributed by atoms with Crippen molar-refractivity contribution in [1.29, 1.82) is 0 Å². The third kappa shape index (κ3) is 0.985. The zero-order valence-electron chi connectivity index (χ0n) is 4.16. The molecule has 1 heterocycles. The predicted octanol–water partition coefficient (Wildman–Crippen LogP) is -0.782. The SMILES string of the molecule is O=S1(=O)CCNC1S. The Labute approximate surface area is 53.8 Å². The summed E-state index contributed by atoms with van der Waals surface area (Å²) in [5, 5.41) is 2.69. The van der Waals surface area contributed by atoms with Crippen LogP contribution in [-0.4, -0.2) is 25.4 Å². The molecule has 0 radical (unpaired) electrons. The van der Waals surface area contributed by atoms with Crippen molar-refractivity contribution < 1.29 is 8.42 Å². The summed E-state index contributed by atoms with van der Waals surface area (Å²) in [5.74, 6) is 0.223. The summed E-state index contributed by atoms with van der Waals surface area (Å²) in [7, 11) is -2.87. The van der Waals surface area contributed by atoms with Gasteiger partial charge in [-0.25, -0.2) is 8.42 Å². The van der Waals surface area contributed by atoms with E-state index in [1.165, 1.54) is 0 Å². The molecule has 1 atom stereocenters. The van der Waals surface area contributed by atoms with Crippen molar-refractivity contribution in [3.63, 3.8) is 0 Å². The van der Waals surface area contributed by atoms with E-state index in [1.807, 2.05) is 0 Å². The molecule has 0 aromatic carbocycles. The number of rotatable bonds is 0. The van der Waals surface area contributed by atoms with Crippen LogP contribution in [0.1, 0.15) is 0 Å². The molecule has 1 unspecified atom stereocenters. The first kappa shape index (κ1) is 6.38. The highest BCUT2D eigenvalue weighted by molar-refractivity contribution is 8.05. The van der Waals surface area contributed by atoms with Crippen molar-refractivity contribution in [1.82, 2.24) is 5.32 Å². The highest BCUT2D eigenvalue weighted by Crippen LogP contribution is 2.08. The molecule has 3 nitrogen and oxygen atoms in total. The minimum absolute atomic E-state index is 0.223. The summed E-state index contributed by atoms with van der Waals surface area (Å²) in [6.45, 7) is 0.538. The number of nitrogens with one attached hydrogen (secondary N) is 1. The number of thiol groups is 1. The van der Waals surface area contributed by atoms with Crippen molar-refractivity contribution >= 4 is 22.5 Å². The van der Waals surface area contributed by atoms with Crippen LogP contribution in [0.2, 0.25) is 0 Å². The Morgan fingerprint density at radius 3 is 2.38 bits per heavy atom. The van der Waals surface area contributed by atoms with Gasteiger partial charge in [0.05, 0.1) is 5.75 Å². The molecule has 0 amide bonds. The van der Waals surface area contributed by atoms with Gasteiger partial charge in [0.15, 0.2) is 14.5 Å². The third-order valence-electron chi connectivity index (χ3n) is 1.05. The van der Waals surface area contributed by atoms with E-state index in [1.54, 1.807) is 0 Å². The van der Waals surface area contributed by atoms with Gasteiger partial charge in [0.25, 0.3) is 0 Å². The molecule has 0 saturated carbocycles. The normalized spacial score (nSPS) is 35.4. The molecular weight excluding hydrogens is 146 g/mol. The Bertz CT molecular complexity index is 174. The first-order chi connectivity index (χ1) is 3.63.